The lowest BCUT2D eigenvalue weighted by atomic mass is 10.1. The molecule has 0 aliphatic heterocycles. The van der Waals surface area contributed by atoms with Crippen LogP contribution in [-0.4, -0.2) is 31.9 Å². The fourth-order valence-electron chi connectivity index (χ4n) is 1.88. The number of benzene rings is 1. The van der Waals surface area contributed by atoms with Crippen LogP contribution >= 0.6 is 0 Å². The number of aliphatic hydroxyl groups excluding tert-OH is 1. The third kappa shape index (κ3) is 3.58. The number of rotatable bonds is 7. The smallest absolute Gasteiger partial charge is 0.0606 e. The van der Waals surface area contributed by atoms with Crippen LogP contribution in [0.1, 0.15) is 18.5 Å². The van der Waals surface area contributed by atoms with Gasteiger partial charge in [0.2, 0.25) is 0 Å². The van der Waals surface area contributed by atoms with Crippen LogP contribution in [0.2, 0.25) is 0 Å². The molecule has 94 valence electrons. The summed E-state index contributed by atoms with van der Waals surface area (Å²) in [4.78, 5) is 2.14. The summed E-state index contributed by atoms with van der Waals surface area (Å²) in [7, 11) is 1.95. The van der Waals surface area contributed by atoms with Gasteiger partial charge in [-0.3, -0.25) is 0 Å². The van der Waals surface area contributed by atoms with Gasteiger partial charge in [0.05, 0.1) is 6.61 Å². The molecule has 3 heteroatoms. The van der Waals surface area contributed by atoms with Gasteiger partial charge in [-0.05, 0) is 25.6 Å². The van der Waals surface area contributed by atoms with Crippen LogP contribution in [0.15, 0.2) is 36.9 Å². The number of nitrogens with one attached hydrogen (secondary N) is 1. The van der Waals surface area contributed by atoms with E-state index in [1.165, 1.54) is 5.56 Å². The number of hydrogen-bond acceptors (Lipinski definition) is 3. The first kappa shape index (κ1) is 13.7. The molecule has 0 bridgehead atoms. The van der Waals surface area contributed by atoms with E-state index in [-0.39, 0.29) is 12.6 Å². The average Bonchev–Trinajstić information content (AvgIpc) is 2.37. The highest BCUT2D eigenvalue weighted by atomic mass is 16.3. The van der Waals surface area contributed by atoms with Gasteiger partial charge in [0.25, 0.3) is 0 Å². The predicted molar refractivity (Wildman–Crippen MR) is 73.4 cm³/mol. The third-order valence-electron chi connectivity index (χ3n) is 2.90. The molecule has 0 radical (unpaired) electrons. The quantitative estimate of drug-likeness (QED) is 0.708. The monoisotopic (exact) mass is 234 g/mol. The zero-order valence-electron chi connectivity index (χ0n) is 10.7. The van der Waals surface area contributed by atoms with Gasteiger partial charge in [-0.2, -0.15) is 0 Å². The molecule has 0 amide bonds. The van der Waals surface area contributed by atoms with Gasteiger partial charge >= 0.3 is 0 Å². The Hall–Kier alpha value is -1.32. The lowest BCUT2D eigenvalue weighted by Crippen LogP contribution is -2.29. The van der Waals surface area contributed by atoms with Gasteiger partial charge in [0.1, 0.15) is 0 Å². The fourth-order valence-corrected chi connectivity index (χ4v) is 1.88. The van der Waals surface area contributed by atoms with Crippen LogP contribution in [0, 0.1) is 0 Å². The van der Waals surface area contributed by atoms with Crippen molar-refractivity contribution < 1.29 is 5.11 Å². The molecule has 0 saturated carbocycles. The number of anilines is 1. The molecule has 1 atom stereocenters. The summed E-state index contributed by atoms with van der Waals surface area (Å²) in [6, 6.07) is 8.55. The summed E-state index contributed by atoms with van der Waals surface area (Å²) in [5.74, 6) is 0. The summed E-state index contributed by atoms with van der Waals surface area (Å²) in [5.41, 5.74) is 2.40. The zero-order valence-corrected chi connectivity index (χ0v) is 10.7. The van der Waals surface area contributed by atoms with Crippen molar-refractivity contribution in [3.8, 4) is 0 Å². The van der Waals surface area contributed by atoms with Gasteiger partial charge in [-0.1, -0.05) is 24.3 Å². The Morgan fingerprint density at radius 1 is 1.47 bits per heavy atom. The predicted octanol–water partition coefficient (Wildman–Crippen LogP) is 1.95. The van der Waals surface area contributed by atoms with E-state index in [2.05, 4.69) is 35.9 Å². The fraction of sp³-hybridized carbons (Fsp3) is 0.429. The Labute approximate surface area is 104 Å². The van der Waals surface area contributed by atoms with Gasteiger partial charge in [-0.25, -0.2) is 0 Å². The number of para-hydroxylation sites is 1. The molecule has 1 aromatic carbocycles. The second-order valence-electron chi connectivity index (χ2n) is 4.03. The molecule has 1 rings (SSSR count). The van der Waals surface area contributed by atoms with Crippen molar-refractivity contribution in [3.63, 3.8) is 0 Å². The molecular formula is C14H22N2O. The van der Waals surface area contributed by atoms with Gasteiger partial charge < -0.3 is 15.3 Å². The molecule has 1 unspecified atom stereocenters. The van der Waals surface area contributed by atoms with E-state index < -0.39 is 0 Å². The zero-order chi connectivity index (χ0) is 12.7. The molecule has 0 spiro atoms. The first-order chi connectivity index (χ1) is 8.24. The van der Waals surface area contributed by atoms with Crippen molar-refractivity contribution in [1.29, 1.82) is 0 Å². The SMILES string of the molecule is C=CCN(CCO)c1ccccc1C(C)NC. The van der Waals surface area contributed by atoms with E-state index >= 15 is 0 Å². The van der Waals surface area contributed by atoms with E-state index in [9.17, 15) is 0 Å². The molecule has 17 heavy (non-hydrogen) atoms. The maximum Gasteiger partial charge on any atom is 0.0606 e. The molecule has 0 fully saturated rings. The molecular weight excluding hydrogens is 212 g/mol. The minimum absolute atomic E-state index is 0.149. The second kappa shape index (κ2) is 7.09. The maximum atomic E-state index is 9.12. The number of aliphatic hydroxyl groups is 1. The largest absolute Gasteiger partial charge is 0.395 e. The number of hydrogen-bond donors (Lipinski definition) is 2. The summed E-state index contributed by atoms with van der Waals surface area (Å²) < 4.78 is 0. The minimum Gasteiger partial charge on any atom is -0.395 e. The van der Waals surface area contributed by atoms with Crippen LogP contribution in [0.25, 0.3) is 0 Å². The Bertz CT molecular complexity index is 352. The molecule has 0 aliphatic rings. The summed E-state index contributed by atoms with van der Waals surface area (Å²) in [6.07, 6.45) is 1.86. The molecule has 2 N–H and O–H groups in total. The minimum atomic E-state index is 0.149. The Morgan fingerprint density at radius 3 is 2.76 bits per heavy atom. The lowest BCUT2D eigenvalue weighted by Gasteiger charge is -2.27. The Kier molecular flexibility index (Phi) is 5.73. The highest BCUT2D eigenvalue weighted by Gasteiger charge is 2.12. The third-order valence-corrected chi connectivity index (χ3v) is 2.90. The van der Waals surface area contributed by atoms with Crippen molar-refractivity contribution in [1.82, 2.24) is 5.32 Å². The highest BCUT2D eigenvalue weighted by molar-refractivity contribution is 5.55. The van der Waals surface area contributed by atoms with Crippen LogP contribution in [0.4, 0.5) is 5.69 Å². The van der Waals surface area contributed by atoms with Gasteiger partial charge in [-0.15, -0.1) is 6.58 Å². The second-order valence-corrected chi connectivity index (χ2v) is 4.03. The van der Waals surface area contributed by atoms with E-state index in [1.807, 2.05) is 25.3 Å². The lowest BCUT2D eigenvalue weighted by molar-refractivity contribution is 0.303. The van der Waals surface area contributed by atoms with Gasteiger partial charge in [0.15, 0.2) is 0 Å². The van der Waals surface area contributed by atoms with Crippen LogP contribution in [0.5, 0.6) is 0 Å². The van der Waals surface area contributed by atoms with Crippen LogP contribution in [-0.2, 0) is 0 Å². The van der Waals surface area contributed by atoms with Crippen molar-refractivity contribution in [2.24, 2.45) is 0 Å². The van der Waals surface area contributed by atoms with Crippen LogP contribution in [0.3, 0.4) is 0 Å². The molecule has 0 heterocycles. The summed E-state index contributed by atoms with van der Waals surface area (Å²) in [5, 5.41) is 12.4. The van der Waals surface area contributed by atoms with Crippen molar-refractivity contribution >= 4 is 5.69 Å². The van der Waals surface area contributed by atoms with E-state index in [0.29, 0.717) is 6.54 Å². The first-order valence-corrected chi connectivity index (χ1v) is 5.97. The van der Waals surface area contributed by atoms with Crippen molar-refractivity contribution in [2.45, 2.75) is 13.0 Å². The van der Waals surface area contributed by atoms with Crippen LogP contribution < -0.4 is 10.2 Å². The summed E-state index contributed by atoms with van der Waals surface area (Å²) >= 11 is 0. The molecule has 3 nitrogen and oxygen atoms in total. The van der Waals surface area contributed by atoms with Crippen molar-refractivity contribution in [3.05, 3.63) is 42.5 Å². The van der Waals surface area contributed by atoms with Crippen molar-refractivity contribution in [2.75, 3.05) is 31.6 Å². The highest BCUT2D eigenvalue weighted by Crippen LogP contribution is 2.25. The van der Waals surface area contributed by atoms with Gasteiger partial charge in [0, 0.05) is 24.8 Å². The first-order valence-electron chi connectivity index (χ1n) is 5.97. The van der Waals surface area contributed by atoms with E-state index in [4.69, 9.17) is 5.11 Å². The Balaban J connectivity index is 3.03. The maximum absolute atomic E-state index is 9.12. The molecule has 0 aromatic heterocycles. The number of nitrogens with zero attached hydrogens (tertiary/aromatic N) is 1. The topological polar surface area (TPSA) is 35.5 Å². The van der Waals surface area contributed by atoms with E-state index in [0.717, 1.165) is 12.2 Å². The standard InChI is InChI=1S/C14H22N2O/c1-4-9-16(10-11-17)14-8-6-5-7-13(14)12(2)15-3/h4-8,12,15,17H,1,9-11H2,2-3H3. The Morgan fingerprint density at radius 2 is 2.18 bits per heavy atom. The normalized spacial score (nSPS) is 12.2. The molecule has 0 saturated heterocycles. The molecule has 1 aromatic rings. The van der Waals surface area contributed by atoms with E-state index in [1.54, 1.807) is 0 Å². The average molecular weight is 234 g/mol. The summed E-state index contributed by atoms with van der Waals surface area (Å²) in [6.45, 7) is 7.41. The molecule has 0 aliphatic carbocycles.